The van der Waals surface area contributed by atoms with Crippen LogP contribution in [0.1, 0.15) is 20.3 Å². The van der Waals surface area contributed by atoms with E-state index in [-0.39, 0.29) is 0 Å². The van der Waals surface area contributed by atoms with Gasteiger partial charge in [-0.15, -0.1) is 0 Å². The van der Waals surface area contributed by atoms with Crippen LogP contribution in [0.2, 0.25) is 0 Å². The first kappa shape index (κ1) is 12.7. The lowest BCUT2D eigenvalue weighted by molar-refractivity contribution is -0.132. The van der Waals surface area contributed by atoms with Crippen LogP contribution in [0.15, 0.2) is 11.6 Å². The van der Waals surface area contributed by atoms with Gasteiger partial charge in [0, 0.05) is 25.1 Å². The average Bonchev–Trinajstić information content (AvgIpc) is 2.17. The Hall–Kier alpha value is -1.34. The van der Waals surface area contributed by atoms with E-state index in [1.807, 2.05) is 11.8 Å². The number of carbonyl (C=O) groups is 1. The van der Waals surface area contributed by atoms with Crippen molar-refractivity contribution in [3.8, 4) is 6.07 Å². The van der Waals surface area contributed by atoms with Gasteiger partial charge in [0.15, 0.2) is 0 Å². The summed E-state index contributed by atoms with van der Waals surface area (Å²) in [6.07, 6.45) is 2.15. The van der Waals surface area contributed by atoms with Gasteiger partial charge in [0.2, 0.25) is 0 Å². The zero-order valence-electron chi connectivity index (χ0n) is 8.66. The molecule has 0 aliphatic carbocycles. The Morgan fingerprint density at radius 1 is 1.64 bits per heavy atom. The summed E-state index contributed by atoms with van der Waals surface area (Å²) in [5, 5.41) is 17.0. The summed E-state index contributed by atoms with van der Waals surface area (Å²) in [5.41, 5.74) is 0.348. The molecule has 14 heavy (non-hydrogen) atoms. The van der Waals surface area contributed by atoms with E-state index in [1.165, 1.54) is 0 Å². The molecule has 0 amide bonds. The van der Waals surface area contributed by atoms with Crippen LogP contribution < -0.4 is 0 Å². The van der Waals surface area contributed by atoms with Crippen LogP contribution in [0.5, 0.6) is 0 Å². The normalized spacial score (nSPS) is 11.4. The number of hydrogen-bond donors (Lipinski definition) is 1. The Balaban J connectivity index is 4.01. The Labute approximate surface area is 84.4 Å². The third-order valence-electron chi connectivity index (χ3n) is 1.98. The van der Waals surface area contributed by atoms with Crippen molar-refractivity contribution >= 4 is 5.97 Å². The summed E-state index contributed by atoms with van der Waals surface area (Å²) in [6, 6.07) is 2.06. The van der Waals surface area contributed by atoms with Crippen LogP contribution in [0, 0.1) is 11.3 Å². The van der Waals surface area contributed by atoms with Gasteiger partial charge in [-0.25, -0.2) is 4.79 Å². The summed E-state index contributed by atoms with van der Waals surface area (Å²) in [5.74, 6) is -0.888. The summed E-state index contributed by atoms with van der Waals surface area (Å²) < 4.78 is 0. The summed E-state index contributed by atoms with van der Waals surface area (Å²) in [4.78, 5) is 12.5. The second kappa shape index (κ2) is 7.10. The van der Waals surface area contributed by atoms with E-state index >= 15 is 0 Å². The fraction of sp³-hybridized carbons (Fsp3) is 0.600. The van der Waals surface area contributed by atoms with Crippen LogP contribution >= 0.6 is 0 Å². The second-order valence-electron chi connectivity index (χ2n) is 2.99. The average molecular weight is 196 g/mol. The molecule has 0 aromatic carbocycles. The first-order valence-corrected chi connectivity index (χ1v) is 4.61. The van der Waals surface area contributed by atoms with Crippen molar-refractivity contribution in [2.24, 2.45) is 0 Å². The molecule has 0 unspecified atom stereocenters. The highest BCUT2D eigenvalue weighted by molar-refractivity contribution is 5.85. The largest absolute Gasteiger partial charge is 0.478 e. The quantitative estimate of drug-likeness (QED) is 0.649. The molecule has 0 fully saturated rings. The van der Waals surface area contributed by atoms with E-state index in [2.05, 4.69) is 6.07 Å². The van der Waals surface area contributed by atoms with Crippen LogP contribution in [-0.2, 0) is 4.79 Å². The number of nitriles is 1. The molecular weight excluding hydrogens is 180 g/mol. The predicted octanol–water partition coefficient (Wildman–Crippen LogP) is 1.25. The number of nitrogens with zero attached hydrogens (tertiary/aromatic N) is 2. The summed E-state index contributed by atoms with van der Waals surface area (Å²) >= 11 is 0. The lowest BCUT2D eigenvalue weighted by atomic mass is 10.2. The van der Waals surface area contributed by atoms with Gasteiger partial charge in [0.25, 0.3) is 0 Å². The van der Waals surface area contributed by atoms with Gasteiger partial charge in [-0.05, 0) is 13.5 Å². The molecule has 0 aliphatic heterocycles. The van der Waals surface area contributed by atoms with Gasteiger partial charge >= 0.3 is 5.97 Å². The molecule has 0 saturated heterocycles. The van der Waals surface area contributed by atoms with Crippen LogP contribution in [0.3, 0.4) is 0 Å². The van der Waals surface area contributed by atoms with Crippen molar-refractivity contribution in [2.45, 2.75) is 20.3 Å². The molecule has 0 aromatic rings. The molecule has 0 spiro atoms. The monoisotopic (exact) mass is 196 g/mol. The Morgan fingerprint density at radius 2 is 2.29 bits per heavy atom. The van der Waals surface area contributed by atoms with Crippen LogP contribution in [-0.4, -0.2) is 35.6 Å². The Kier molecular flexibility index (Phi) is 6.42. The number of aliphatic carboxylic acids is 1. The first-order chi connectivity index (χ1) is 6.61. The third kappa shape index (κ3) is 5.33. The fourth-order valence-corrected chi connectivity index (χ4v) is 0.940. The molecule has 78 valence electrons. The summed E-state index contributed by atoms with van der Waals surface area (Å²) in [7, 11) is 0. The maximum Gasteiger partial charge on any atom is 0.330 e. The van der Waals surface area contributed by atoms with Gasteiger partial charge in [0.05, 0.1) is 6.07 Å². The third-order valence-corrected chi connectivity index (χ3v) is 1.98. The molecule has 0 rings (SSSR count). The van der Waals surface area contributed by atoms with Crippen LogP contribution in [0.25, 0.3) is 0 Å². The highest BCUT2D eigenvalue weighted by Gasteiger charge is 2.02. The minimum atomic E-state index is -0.888. The number of carboxylic acids is 1. The van der Waals surface area contributed by atoms with Crippen LogP contribution in [0.4, 0.5) is 0 Å². The van der Waals surface area contributed by atoms with E-state index in [0.717, 1.165) is 6.54 Å². The zero-order chi connectivity index (χ0) is 11.0. The molecule has 0 radical (unpaired) electrons. The number of carboxylic acid groups (broad SMARTS) is 1. The standard InChI is InChI=1S/C10H16N2O2/c1-3-12(7-4-6-11)8-5-9(2)10(13)14/h5H,3-4,7-8H2,1-2H3,(H,13,14). The molecule has 0 bridgehead atoms. The van der Waals surface area contributed by atoms with Crippen molar-refractivity contribution in [1.82, 2.24) is 4.90 Å². The minimum absolute atomic E-state index is 0.348. The molecule has 0 aliphatic rings. The number of likely N-dealkylation sites (N-methyl/N-ethyl adjacent to an activating group) is 1. The summed E-state index contributed by atoms with van der Waals surface area (Å²) in [6.45, 7) is 5.67. The van der Waals surface area contributed by atoms with Gasteiger partial charge in [0.1, 0.15) is 0 Å². The van der Waals surface area contributed by atoms with Crippen molar-refractivity contribution in [3.05, 3.63) is 11.6 Å². The van der Waals surface area contributed by atoms with E-state index in [9.17, 15) is 4.79 Å². The zero-order valence-corrected chi connectivity index (χ0v) is 8.66. The molecule has 4 heteroatoms. The lowest BCUT2D eigenvalue weighted by Crippen LogP contribution is -2.24. The molecule has 1 N–H and O–H groups in total. The van der Waals surface area contributed by atoms with Gasteiger partial charge in [-0.3, -0.25) is 4.90 Å². The highest BCUT2D eigenvalue weighted by atomic mass is 16.4. The number of rotatable bonds is 6. The Morgan fingerprint density at radius 3 is 2.71 bits per heavy atom. The second-order valence-corrected chi connectivity index (χ2v) is 2.99. The molecular formula is C10H16N2O2. The van der Waals surface area contributed by atoms with Gasteiger partial charge < -0.3 is 5.11 Å². The van der Waals surface area contributed by atoms with Gasteiger partial charge in [-0.2, -0.15) is 5.26 Å². The first-order valence-electron chi connectivity index (χ1n) is 4.61. The maximum absolute atomic E-state index is 10.5. The molecule has 0 saturated carbocycles. The Bertz CT molecular complexity index is 253. The molecule has 0 atom stereocenters. The maximum atomic E-state index is 10.5. The van der Waals surface area contributed by atoms with E-state index in [4.69, 9.17) is 10.4 Å². The van der Waals surface area contributed by atoms with E-state index in [1.54, 1.807) is 13.0 Å². The molecule has 0 heterocycles. The van der Waals surface area contributed by atoms with E-state index in [0.29, 0.717) is 25.1 Å². The smallest absolute Gasteiger partial charge is 0.330 e. The predicted molar refractivity (Wildman–Crippen MR) is 53.7 cm³/mol. The number of hydrogen-bond acceptors (Lipinski definition) is 3. The van der Waals surface area contributed by atoms with E-state index < -0.39 is 5.97 Å². The lowest BCUT2D eigenvalue weighted by Gasteiger charge is -2.16. The highest BCUT2D eigenvalue weighted by Crippen LogP contribution is 1.96. The fourth-order valence-electron chi connectivity index (χ4n) is 0.940. The van der Waals surface area contributed by atoms with Crippen molar-refractivity contribution in [2.75, 3.05) is 19.6 Å². The van der Waals surface area contributed by atoms with Crippen molar-refractivity contribution in [1.29, 1.82) is 5.26 Å². The SMILES string of the molecule is CCN(CC=C(C)C(=O)O)CCC#N. The molecule has 4 nitrogen and oxygen atoms in total. The minimum Gasteiger partial charge on any atom is -0.478 e. The van der Waals surface area contributed by atoms with Crippen molar-refractivity contribution < 1.29 is 9.90 Å². The van der Waals surface area contributed by atoms with Crippen molar-refractivity contribution in [3.63, 3.8) is 0 Å². The molecule has 0 aromatic heterocycles. The topological polar surface area (TPSA) is 64.3 Å². The van der Waals surface area contributed by atoms with Gasteiger partial charge in [-0.1, -0.05) is 13.0 Å².